The lowest BCUT2D eigenvalue weighted by Gasteiger charge is -2.58. The van der Waals surface area contributed by atoms with Crippen molar-refractivity contribution in [3.05, 3.63) is 47.1 Å². The Morgan fingerprint density at radius 1 is 0.475 bits per heavy atom. The first-order valence-electron chi connectivity index (χ1n) is 42.7. The van der Waals surface area contributed by atoms with Crippen LogP contribution in [0.4, 0.5) is 0 Å². The summed E-state index contributed by atoms with van der Waals surface area (Å²) >= 11 is 6.52. The molecule has 0 saturated heterocycles. The number of ether oxygens (including phenoxy) is 2. The zero-order valence-corrected chi connectivity index (χ0v) is 72.3. The SMILES string of the molecule is CC(C)CCCC(C)C1C=CC2C3CC=C4CC(C)CCC4(C)C3CCC12C.CC(C)CCCC(C)C1CCC2C3CC=C4CC(OCC[N+](C)(C)CCO)CCC4(C)C3CCC12C.CC(C)CCCCC1CCC2C3CC=C4CC(OCCBr)CCC4(C)C3CCC12C.OCCBr.[Br-]. The van der Waals surface area contributed by atoms with Crippen molar-refractivity contribution < 1.29 is 41.2 Å². The average molecular weight is 1570 g/mol. The summed E-state index contributed by atoms with van der Waals surface area (Å²) in [7, 11) is 4.39. The molecule has 2 N–H and O–H groups in total. The lowest BCUT2D eigenvalue weighted by molar-refractivity contribution is -0.891. The predicted molar refractivity (Wildman–Crippen MR) is 427 cm³/mol. The maximum atomic E-state index is 9.31. The topological polar surface area (TPSA) is 58.9 Å². The van der Waals surface area contributed by atoms with Gasteiger partial charge in [-0.1, -0.05) is 241 Å². The molecule has 572 valence electrons. The molecule has 0 amide bonds. The molecule has 5 nitrogen and oxygen atoms in total. The van der Waals surface area contributed by atoms with E-state index < -0.39 is 0 Å². The third-order valence-corrected chi connectivity index (χ3v) is 33.0. The van der Waals surface area contributed by atoms with E-state index >= 15 is 0 Å². The second-order valence-corrected chi connectivity index (χ2v) is 41.6. The number of aliphatic hydroxyl groups is 2. The molecule has 12 rings (SSSR count). The fourth-order valence-corrected chi connectivity index (χ4v) is 26.5. The molecule has 0 aromatic heterocycles. The van der Waals surface area contributed by atoms with E-state index in [-0.39, 0.29) is 30.2 Å². The largest absolute Gasteiger partial charge is 1.00 e. The van der Waals surface area contributed by atoms with Crippen molar-refractivity contribution in [1.29, 1.82) is 0 Å². The van der Waals surface area contributed by atoms with Crippen molar-refractivity contribution in [2.75, 3.05) is 64.3 Å². The highest BCUT2D eigenvalue weighted by atomic mass is 79.9. The molecular formula is C91H158Br3NO4. The molecule has 0 radical (unpaired) electrons. The number of hydrogen-bond donors (Lipinski definition) is 2. The first-order chi connectivity index (χ1) is 46.5. The molecule has 8 saturated carbocycles. The lowest BCUT2D eigenvalue weighted by atomic mass is 9.46. The lowest BCUT2D eigenvalue weighted by Crippen LogP contribution is -3.00. The monoisotopic (exact) mass is 1570 g/mol. The average Bonchev–Trinajstić information content (AvgIpc) is 1.71. The Bertz CT molecular complexity index is 2590. The minimum absolute atomic E-state index is 0. The molecule has 8 fully saturated rings. The number of unbranched alkanes of at least 4 members (excludes halogenated alkanes) is 1. The Labute approximate surface area is 640 Å². The zero-order chi connectivity index (χ0) is 71.0. The summed E-state index contributed by atoms with van der Waals surface area (Å²) in [5, 5.41) is 18.8. The molecule has 0 aromatic carbocycles. The van der Waals surface area contributed by atoms with Crippen molar-refractivity contribution in [2.45, 2.75) is 322 Å². The van der Waals surface area contributed by atoms with Crippen LogP contribution in [-0.2, 0) is 9.47 Å². The number of alkyl halides is 2. The second-order valence-electron chi connectivity index (χ2n) is 40.0. The van der Waals surface area contributed by atoms with E-state index in [1.165, 1.54) is 199 Å². The van der Waals surface area contributed by atoms with Crippen LogP contribution in [0.2, 0.25) is 0 Å². The van der Waals surface area contributed by atoms with Gasteiger partial charge in [-0.15, -0.1) is 0 Å². The highest BCUT2D eigenvalue weighted by Crippen LogP contribution is 2.70. The quantitative estimate of drug-likeness (QED) is 0.0414. The molecular weight excluding hydrogens is 1410 g/mol. The van der Waals surface area contributed by atoms with Crippen LogP contribution >= 0.6 is 31.9 Å². The van der Waals surface area contributed by atoms with E-state index in [1.807, 2.05) is 5.57 Å². The molecule has 0 aromatic rings. The first-order valence-corrected chi connectivity index (χ1v) is 45.0. The van der Waals surface area contributed by atoms with Crippen LogP contribution in [0.25, 0.3) is 0 Å². The van der Waals surface area contributed by atoms with Crippen LogP contribution in [0.15, 0.2) is 47.1 Å². The van der Waals surface area contributed by atoms with Crippen molar-refractivity contribution in [3.63, 3.8) is 0 Å². The third kappa shape index (κ3) is 19.3. The van der Waals surface area contributed by atoms with Crippen LogP contribution in [0.1, 0.15) is 309 Å². The van der Waals surface area contributed by atoms with E-state index in [0.29, 0.717) is 50.0 Å². The van der Waals surface area contributed by atoms with E-state index in [0.717, 1.165) is 149 Å². The number of likely N-dealkylation sites (N-methyl/N-ethyl adjacent to an activating group) is 1. The van der Waals surface area contributed by atoms with Gasteiger partial charge in [0.2, 0.25) is 0 Å². The summed E-state index contributed by atoms with van der Waals surface area (Å²) in [4.78, 5) is 0. The molecule has 0 heterocycles. The highest BCUT2D eigenvalue weighted by molar-refractivity contribution is 9.09. The number of hydrogen-bond acceptors (Lipinski definition) is 4. The maximum Gasteiger partial charge on any atom is 0.102 e. The van der Waals surface area contributed by atoms with Crippen LogP contribution in [0, 0.1) is 139 Å². The van der Waals surface area contributed by atoms with Gasteiger partial charge in [-0.2, -0.15) is 0 Å². The molecule has 12 aliphatic rings. The summed E-state index contributed by atoms with van der Waals surface area (Å²) in [6.07, 6.45) is 59.4. The maximum absolute atomic E-state index is 9.31. The number of quaternary nitrogens is 1. The second kappa shape index (κ2) is 37.1. The summed E-state index contributed by atoms with van der Waals surface area (Å²) in [5.41, 5.74) is 8.50. The van der Waals surface area contributed by atoms with Gasteiger partial charge in [0.15, 0.2) is 0 Å². The van der Waals surface area contributed by atoms with Gasteiger partial charge in [0.1, 0.15) is 13.1 Å². The fraction of sp³-hybridized carbons (Fsp3) is 0.912. The van der Waals surface area contributed by atoms with Crippen LogP contribution < -0.4 is 17.0 Å². The Hall–Kier alpha value is 0.200. The van der Waals surface area contributed by atoms with Crippen molar-refractivity contribution >= 4 is 31.9 Å². The highest BCUT2D eigenvalue weighted by Gasteiger charge is 2.62. The number of rotatable bonds is 25. The van der Waals surface area contributed by atoms with Gasteiger partial charge in [-0.3, -0.25) is 0 Å². The van der Waals surface area contributed by atoms with E-state index in [4.69, 9.17) is 14.6 Å². The van der Waals surface area contributed by atoms with Crippen LogP contribution in [-0.4, -0.2) is 91.2 Å². The van der Waals surface area contributed by atoms with Gasteiger partial charge in [0.05, 0.1) is 52.7 Å². The number of fused-ring (bicyclic) bond motifs is 15. The molecule has 0 bridgehead atoms. The number of aliphatic hydroxyl groups excluding tert-OH is 2. The predicted octanol–water partition coefficient (Wildman–Crippen LogP) is 21.9. The third-order valence-electron chi connectivity index (χ3n) is 32.4. The standard InChI is InChI=1S/C33H60NO2.C28H47BrO.C28H46.C2H5BrO.BrH/c1-24(2)9-8-10-25(3)29-13-14-30-28-12-11-26-23-27(36-22-20-34(6,7)19-21-35)15-17-32(26,4)31(28)16-18-33(29,30)5;1-20(2)7-5-6-8-21-10-12-25-24-11-9-22-19-23(30-18-17-29)13-15-28(22,4)26(24)14-16-27(21,25)3;1-19(2)8-7-9-21(4)24-12-13-25-23-11-10-22-18-20(3)14-16-27(22,5)26(23)15-17-28(24,25)6;3-1-2-4;/h11,24-25,27-31,35H,8-10,12-23H2,1-7H3;9,20-21,23-26H,5-8,10-19H2,1-4H3;10,12-13,19-21,23-26H,7-9,11,14-18H2,1-6H3;4H,1-2H2;1H/q+1;;;;/p-1. The van der Waals surface area contributed by atoms with Gasteiger partial charge in [-0.25, -0.2) is 0 Å². The summed E-state index contributed by atoms with van der Waals surface area (Å²) < 4.78 is 13.4. The summed E-state index contributed by atoms with van der Waals surface area (Å²) in [5.74, 6) is 16.3. The Morgan fingerprint density at radius 3 is 1.49 bits per heavy atom. The first kappa shape index (κ1) is 84.8. The Balaban J connectivity index is 0.000000184. The minimum Gasteiger partial charge on any atom is -1.00 e. The van der Waals surface area contributed by atoms with E-state index in [9.17, 15) is 5.11 Å². The smallest absolute Gasteiger partial charge is 0.102 e. The van der Waals surface area contributed by atoms with Gasteiger partial charge < -0.3 is 41.2 Å². The molecule has 23 unspecified atom stereocenters. The normalized spacial score (nSPS) is 40.7. The molecule has 99 heavy (non-hydrogen) atoms. The van der Waals surface area contributed by atoms with Gasteiger partial charge in [0.25, 0.3) is 0 Å². The van der Waals surface area contributed by atoms with Crippen molar-refractivity contribution in [2.24, 2.45) is 139 Å². The minimum atomic E-state index is 0. The molecule has 0 spiro atoms. The van der Waals surface area contributed by atoms with Gasteiger partial charge in [-0.05, 0) is 287 Å². The van der Waals surface area contributed by atoms with Crippen molar-refractivity contribution in [1.82, 2.24) is 0 Å². The summed E-state index contributed by atoms with van der Waals surface area (Å²) in [6, 6.07) is 0. The molecule has 8 heteroatoms. The Kier molecular flexibility index (Phi) is 31.8. The summed E-state index contributed by atoms with van der Waals surface area (Å²) in [6.45, 7) is 41.8. The number of allylic oxidation sites excluding steroid dienone is 6. The zero-order valence-electron chi connectivity index (χ0n) is 67.5. The number of nitrogens with zero attached hydrogens (tertiary/aromatic N) is 1. The van der Waals surface area contributed by atoms with E-state index in [2.05, 4.69) is 180 Å². The van der Waals surface area contributed by atoms with Gasteiger partial charge >= 0.3 is 0 Å². The molecule has 0 aliphatic heterocycles. The number of halogens is 3. The fourth-order valence-electron chi connectivity index (χ4n) is 26.4. The Morgan fingerprint density at radius 2 is 0.949 bits per heavy atom. The van der Waals surface area contributed by atoms with Crippen molar-refractivity contribution in [3.8, 4) is 0 Å². The van der Waals surface area contributed by atoms with E-state index in [1.54, 1.807) is 11.1 Å². The van der Waals surface area contributed by atoms with Crippen LogP contribution in [0.5, 0.6) is 0 Å². The van der Waals surface area contributed by atoms with Crippen LogP contribution in [0.3, 0.4) is 0 Å². The molecule has 12 aliphatic carbocycles. The molecule has 23 atom stereocenters. The van der Waals surface area contributed by atoms with Gasteiger partial charge in [0, 0.05) is 10.7 Å².